The van der Waals surface area contributed by atoms with Crippen LogP contribution in [0, 0.1) is 5.82 Å². The summed E-state index contributed by atoms with van der Waals surface area (Å²) in [5.41, 5.74) is 1.95. The molecule has 7 nitrogen and oxygen atoms in total. The molecule has 1 saturated heterocycles. The first-order valence-electron chi connectivity index (χ1n) is 13.4. The second-order valence-corrected chi connectivity index (χ2v) is 11.0. The van der Waals surface area contributed by atoms with Crippen molar-refractivity contribution in [3.8, 4) is 5.75 Å². The molecule has 1 fully saturated rings. The SMILES string of the molecule is O=C(O)c1ccc2nc(CN3CCc4cc(C(F)(F)F)c(OCc5ccc(Cl)cc5F)cc4C3)n(C[C@@H]3CCO3)c2c1. The molecule has 3 heterocycles. The van der Waals surface area contributed by atoms with Gasteiger partial charge in [-0.3, -0.25) is 4.90 Å². The van der Waals surface area contributed by atoms with Crippen molar-refractivity contribution in [1.82, 2.24) is 14.5 Å². The van der Waals surface area contributed by atoms with E-state index in [9.17, 15) is 27.5 Å². The Hall–Kier alpha value is -3.67. The topological polar surface area (TPSA) is 76.8 Å². The third-order valence-electron chi connectivity index (χ3n) is 7.72. The summed E-state index contributed by atoms with van der Waals surface area (Å²) in [6.45, 7) is 2.06. The molecule has 42 heavy (non-hydrogen) atoms. The zero-order valence-corrected chi connectivity index (χ0v) is 23.0. The molecular weight excluding hydrogens is 578 g/mol. The van der Waals surface area contributed by atoms with Gasteiger partial charge in [-0.2, -0.15) is 13.2 Å². The number of hydrogen-bond donors (Lipinski definition) is 1. The Labute approximate surface area is 243 Å². The first kappa shape index (κ1) is 28.4. The fourth-order valence-corrected chi connectivity index (χ4v) is 5.54. The molecule has 1 atom stereocenters. The van der Waals surface area contributed by atoms with Gasteiger partial charge in [-0.05, 0) is 66.4 Å². The normalized spacial score (nSPS) is 17.2. The minimum Gasteiger partial charge on any atom is -0.488 e. The van der Waals surface area contributed by atoms with E-state index in [0.717, 1.165) is 18.6 Å². The number of benzene rings is 3. The highest BCUT2D eigenvalue weighted by atomic mass is 35.5. The number of ether oxygens (including phenoxy) is 2. The Bertz CT molecular complexity index is 1670. The van der Waals surface area contributed by atoms with Gasteiger partial charge in [-0.25, -0.2) is 14.2 Å². The highest BCUT2D eigenvalue weighted by Gasteiger charge is 2.36. The molecule has 3 aromatic carbocycles. The van der Waals surface area contributed by atoms with E-state index in [4.69, 9.17) is 26.1 Å². The molecule has 6 rings (SSSR count). The molecule has 2 aliphatic heterocycles. The second-order valence-electron chi connectivity index (χ2n) is 10.5. The van der Waals surface area contributed by atoms with E-state index >= 15 is 0 Å². The molecular formula is C30H26ClF4N3O4. The monoisotopic (exact) mass is 603 g/mol. The molecule has 0 spiro atoms. The van der Waals surface area contributed by atoms with Gasteiger partial charge in [0.2, 0.25) is 0 Å². The van der Waals surface area contributed by atoms with Crippen LogP contribution in [-0.2, 0) is 43.6 Å². The summed E-state index contributed by atoms with van der Waals surface area (Å²) >= 11 is 5.79. The first-order chi connectivity index (χ1) is 20.0. The molecule has 1 aromatic heterocycles. The van der Waals surface area contributed by atoms with Crippen LogP contribution in [0.15, 0.2) is 48.5 Å². The minimum absolute atomic E-state index is 0.00249. The van der Waals surface area contributed by atoms with E-state index < -0.39 is 23.5 Å². The van der Waals surface area contributed by atoms with Crippen molar-refractivity contribution in [2.45, 2.75) is 51.4 Å². The van der Waals surface area contributed by atoms with Crippen molar-refractivity contribution in [3.63, 3.8) is 0 Å². The zero-order chi connectivity index (χ0) is 29.6. The number of carboxylic acid groups (broad SMARTS) is 1. The smallest absolute Gasteiger partial charge is 0.419 e. The van der Waals surface area contributed by atoms with E-state index in [1.54, 1.807) is 12.1 Å². The fourth-order valence-electron chi connectivity index (χ4n) is 5.38. The van der Waals surface area contributed by atoms with Crippen molar-refractivity contribution in [2.75, 3.05) is 13.2 Å². The summed E-state index contributed by atoms with van der Waals surface area (Å²) in [6.07, 6.45) is -3.37. The Morgan fingerprint density at radius 3 is 2.64 bits per heavy atom. The second kappa shape index (κ2) is 11.2. The standard InChI is InChI=1S/C30H26ClF4N3O4/c31-21-3-1-19(24(32)12-21)16-42-27-11-20-13-37(7-5-17(20)9-23(27)30(33,34)35)15-28-36-25-4-2-18(29(39)40)10-26(25)38(28)14-22-6-8-41-22/h1-4,9-12,22H,5-8,13-16H2,(H,39,40)/t22-/m0/s1. The van der Waals surface area contributed by atoms with E-state index in [0.29, 0.717) is 67.2 Å². The molecule has 1 N–H and O–H groups in total. The fraction of sp³-hybridized carbons (Fsp3) is 0.333. The van der Waals surface area contributed by atoms with Gasteiger partial charge in [0.05, 0.1) is 41.4 Å². The molecule has 0 amide bonds. The van der Waals surface area contributed by atoms with Gasteiger partial charge in [0, 0.05) is 30.3 Å². The molecule has 2 aliphatic rings. The molecule has 0 unspecified atom stereocenters. The maximum absolute atomic E-state index is 14.3. The zero-order valence-electron chi connectivity index (χ0n) is 22.3. The van der Waals surface area contributed by atoms with Gasteiger partial charge < -0.3 is 19.1 Å². The van der Waals surface area contributed by atoms with Crippen molar-refractivity contribution >= 4 is 28.6 Å². The van der Waals surface area contributed by atoms with Crippen LogP contribution in [-0.4, -0.2) is 44.8 Å². The van der Waals surface area contributed by atoms with Crippen molar-refractivity contribution in [3.05, 3.63) is 93.0 Å². The van der Waals surface area contributed by atoms with Crippen LogP contribution in [0.4, 0.5) is 17.6 Å². The minimum atomic E-state index is -4.65. The van der Waals surface area contributed by atoms with Gasteiger partial charge in [0.1, 0.15) is 24.0 Å². The number of halogens is 5. The Morgan fingerprint density at radius 2 is 1.95 bits per heavy atom. The van der Waals surface area contributed by atoms with Crippen LogP contribution in [0.1, 0.15) is 44.9 Å². The maximum Gasteiger partial charge on any atom is 0.419 e. The van der Waals surface area contributed by atoms with E-state index in [1.165, 1.54) is 24.3 Å². The van der Waals surface area contributed by atoms with Crippen LogP contribution in [0.5, 0.6) is 5.75 Å². The summed E-state index contributed by atoms with van der Waals surface area (Å²) < 4.78 is 69.3. The lowest BCUT2D eigenvalue weighted by Crippen LogP contribution is -2.34. The van der Waals surface area contributed by atoms with Crippen LogP contribution in [0.25, 0.3) is 11.0 Å². The molecule has 0 radical (unpaired) electrons. The number of fused-ring (bicyclic) bond motifs is 2. The Morgan fingerprint density at radius 1 is 1.14 bits per heavy atom. The number of alkyl halides is 3. The highest BCUT2D eigenvalue weighted by Crippen LogP contribution is 2.40. The summed E-state index contributed by atoms with van der Waals surface area (Å²) in [6, 6.07) is 11.2. The molecule has 220 valence electrons. The summed E-state index contributed by atoms with van der Waals surface area (Å²) in [5.74, 6) is -1.35. The van der Waals surface area contributed by atoms with Gasteiger partial charge in [-0.1, -0.05) is 17.7 Å². The number of hydrogen-bond acceptors (Lipinski definition) is 5. The summed E-state index contributed by atoms with van der Waals surface area (Å²) in [5, 5.41) is 9.67. The average Bonchev–Trinajstić information content (AvgIpc) is 3.24. The van der Waals surface area contributed by atoms with E-state index in [-0.39, 0.29) is 34.6 Å². The van der Waals surface area contributed by atoms with Crippen LogP contribution >= 0.6 is 11.6 Å². The van der Waals surface area contributed by atoms with Gasteiger partial charge in [0.25, 0.3) is 0 Å². The van der Waals surface area contributed by atoms with Crippen LogP contribution in [0.2, 0.25) is 5.02 Å². The third-order valence-corrected chi connectivity index (χ3v) is 7.95. The van der Waals surface area contributed by atoms with Crippen molar-refractivity contribution in [1.29, 1.82) is 0 Å². The number of imidazole rings is 1. The molecule has 0 saturated carbocycles. The summed E-state index contributed by atoms with van der Waals surface area (Å²) in [4.78, 5) is 18.4. The predicted octanol–water partition coefficient (Wildman–Crippen LogP) is 6.47. The van der Waals surface area contributed by atoms with Crippen LogP contribution < -0.4 is 4.74 Å². The van der Waals surface area contributed by atoms with Crippen LogP contribution in [0.3, 0.4) is 0 Å². The van der Waals surface area contributed by atoms with Gasteiger partial charge in [0.15, 0.2) is 0 Å². The lowest BCUT2D eigenvalue weighted by molar-refractivity contribution is -0.139. The van der Waals surface area contributed by atoms with Gasteiger partial charge >= 0.3 is 12.1 Å². The lowest BCUT2D eigenvalue weighted by Gasteiger charge is -2.31. The maximum atomic E-state index is 14.3. The predicted molar refractivity (Wildman–Crippen MR) is 146 cm³/mol. The van der Waals surface area contributed by atoms with Crippen molar-refractivity contribution < 1.29 is 36.9 Å². The first-order valence-corrected chi connectivity index (χ1v) is 13.8. The number of nitrogens with zero attached hydrogens (tertiary/aromatic N) is 3. The largest absolute Gasteiger partial charge is 0.488 e. The Balaban J connectivity index is 1.27. The molecule has 0 aliphatic carbocycles. The summed E-state index contributed by atoms with van der Waals surface area (Å²) in [7, 11) is 0. The molecule has 4 aromatic rings. The average molecular weight is 604 g/mol. The molecule has 0 bridgehead atoms. The molecule has 12 heteroatoms. The number of aromatic nitrogens is 2. The number of rotatable bonds is 8. The Kier molecular flexibility index (Phi) is 7.59. The number of carbonyl (C=O) groups is 1. The van der Waals surface area contributed by atoms with Gasteiger partial charge in [-0.15, -0.1) is 0 Å². The number of carboxylic acids is 1. The quantitative estimate of drug-likeness (QED) is 0.233. The van der Waals surface area contributed by atoms with E-state index in [1.807, 2.05) is 4.57 Å². The van der Waals surface area contributed by atoms with E-state index in [2.05, 4.69) is 4.90 Å². The highest BCUT2D eigenvalue weighted by molar-refractivity contribution is 6.30. The lowest BCUT2D eigenvalue weighted by atomic mass is 9.96. The third kappa shape index (κ3) is 5.81. The van der Waals surface area contributed by atoms with Crippen molar-refractivity contribution in [2.24, 2.45) is 0 Å². The number of aromatic carboxylic acids is 1.